The average molecular weight is 408 g/mol. The lowest BCUT2D eigenvalue weighted by molar-refractivity contribution is 0.414. The van der Waals surface area contributed by atoms with E-state index in [4.69, 9.17) is 33.7 Å². The van der Waals surface area contributed by atoms with Gasteiger partial charge in [0.2, 0.25) is 0 Å². The van der Waals surface area contributed by atoms with Crippen LogP contribution in [0.25, 0.3) is 0 Å². The van der Waals surface area contributed by atoms with Crippen molar-refractivity contribution in [3.05, 3.63) is 61.1 Å². The van der Waals surface area contributed by atoms with E-state index in [2.05, 4.69) is 22.6 Å². The Morgan fingerprint density at radius 3 is 2.32 bits per heavy atom. The summed E-state index contributed by atoms with van der Waals surface area (Å²) in [6.07, 6.45) is 0. The SMILES string of the molecule is COc1cc(C(N)c2ccc(I)c(Cl)c2)ccc1Cl. The van der Waals surface area contributed by atoms with Crippen LogP contribution in [0.1, 0.15) is 17.2 Å². The molecule has 0 aromatic heterocycles. The van der Waals surface area contributed by atoms with Crippen molar-refractivity contribution in [1.29, 1.82) is 0 Å². The van der Waals surface area contributed by atoms with Gasteiger partial charge in [0.15, 0.2) is 0 Å². The molecule has 100 valence electrons. The molecule has 1 unspecified atom stereocenters. The fraction of sp³-hybridized carbons (Fsp3) is 0.143. The number of halogens is 3. The van der Waals surface area contributed by atoms with Gasteiger partial charge in [0, 0.05) is 3.57 Å². The minimum Gasteiger partial charge on any atom is -0.495 e. The van der Waals surface area contributed by atoms with E-state index in [-0.39, 0.29) is 6.04 Å². The van der Waals surface area contributed by atoms with Gasteiger partial charge in [-0.1, -0.05) is 35.3 Å². The Labute approximate surface area is 136 Å². The van der Waals surface area contributed by atoms with Crippen molar-refractivity contribution in [1.82, 2.24) is 0 Å². The van der Waals surface area contributed by atoms with Gasteiger partial charge in [0.25, 0.3) is 0 Å². The molecule has 0 fully saturated rings. The molecule has 2 rings (SSSR count). The summed E-state index contributed by atoms with van der Waals surface area (Å²) in [5, 5.41) is 1.27. The monoisotopic (exact) mass is 407 g/mol. The highest BCUT2D eigenvalue weighted by atomic mass is 127. The zero-order valence-electron chi connectivity index (χ0n) is 10.2. The lowest BCUT2D eigenvalue weighted by Gasteiger charge is -2.15. The molecule has 2 N–H and O–H groups in total. The normalized spacial score (nSPS) is 12.3. The molecule has 0 bridgehead atoms. The molecule has 2 aromatic rings. The van der Waals surface area contributed by atoms with E-state index in [9.17, 15) is 0 Å². The van der Waals surface area contributed by atoms with Crippen LogP contribution in [-0.2, 0) is 0 Å². The zero-order chi connectivity index (χ0) is 14.0. The van der Waals surface area contributed by atoms with Gasteiger partial charge in [0.05, 0.1) is 23.2 Å². The van der Waals surface area contributed by atoms with E-state index in [0.717, 1.165) is 14.7 Å². The third-order valence-electron chi connectivity index (χ3n) is 2.84. The molecule has 2 aromatic carbocycles. The minimum atomic E-state index is -0.263. The van der Waals surface area contributed by atoms with Crippen LogP contribution < -0.4 is 10.5 Å². The predicted molar refractivity (Wildman–Crippen MR) is 88.2 cm³/mol. The Morgan fingerprint density at radius 1 is 1.05 bits per heavy atom. The molecule has 0 spiro atoms. The summed E-state index contributed by atoms with van der Waals surface area (Å²) in [6, 6.07) is 11.1. The van der Waals surface area contributed by atoms with Crippen molar-refractivity contribution in [2.75, 3.05) is 7.11 Å². The Kier molecular flexibility index (Phi) is 4.95. The Bertz CT molecular complexity index is 604. The summed E-state index contributed by atoms with van der Waals surface area (Å²) in [7, 11) is 1.58. The lowest BCUT2D eigenvalue weighted by Crippen LogP contribution is -2.12. The molecule has 1 atom stereocenters. The van der Waals surface area contributed by atoms with Crippen LogP contribution in [0.4, 0.5) is 0 Å². The van der Waals surface area contributed by atoms with E-state index in [1.165, 1.54) is 0 Å². The molecule has 0 aliphatic carbocycles. The van der Waals surface area contributed by atoms with Crippen LogP contribution in [0, 0.1) is 3.57 Å². The van der Waals surface area contributed by atoms with E-state index in [0.29, 0.717) is 15.8 Å². The van der Waals surface area contributed by atoms with Crippen molar-refractivity contribution in [2.24, 2.45) is 5.73 Å². The molecule has 0 saturated carbocycles. The first-order chi connectivity index (χ1) is 9.02. The zero-order valence-corrected chi connectivity index (χ0v) is 13.8. The maximum atomic E-state index is 6.25. The minimum absolute atomic E-state index is 0.263. The molecule has 5 heteroatoms. The summed E-state index contributed by atoms with van der Waals surface area (Å²) in [5.41, 5.74) is 8.13. The first-order valence-electron chi connectivity index (χ1n) is 5.57. The quantitative estimate of drug-likeness (QED) is 0.751. The van der Waals surface area contributed by atoms with E-state index in [1.807, 2.05) is 30.3 Å². The first kappa shape index (κ1) is 14.9. The number of hydrogen-bond donors (Lipinski definition) is 1. The van der Waals surface area contributed by atoms with Gasteiger partial charge in [-0.2, -0.15) is 0 Å². The second kappa shape index (κ2) is 6.31. The summed E-state index contributed by atoms with van der Waals surface area (Å²) in [4.78, 5) is 0. The Hall–Kier alpha value is -0.490. The standard InChI is InChI=1S/C14H12Cl2INO/c1-19-13-7-9(2-4-10(13)15)14(18)8-3-5-12(17)11(16)6-8/h2-7,14H,18H2,1H3. The van der Waals surface area contributed by atoms with Gasteiger partial charge in [-0.05, 0) is 58.0 Å². The number of benzene rings is 2. The number of hydrogen-bond acceptors (Lipinski definition) is 2. The molecule has 0 radical (unpaired) electrons. The highest BCUT2D eigenvalue weighted by Crippen LogP contribution is 2.31. The molecule has 0 saturated heterocycles. The molecular weight excluding hydrogens is 396 g/mol. The summed E-state index contributed by atoms with van der Waals surface area (Å²) < 4.78 is 6.20. The smallest absolute Gasteiger partial charge is 0.137 e. The van der Waals surface area contributed by atoms with Gasteiger partial charge in [-0.25, -0.2) is 0 Å². The van der Waals surface area contributed by atoms with E-state index >= 15 is 0 Å². The van der Waals surface area contributed by atoms with Crippen LogP contribution in [0.15, 0.2) is 36.4 Å². The molecule has 0 aliphatic rings. The number of methoxy groups -OCH3 is 1. The summed E-state index contributed by atoms with van der Waals surface area (Å²) in [6.45, 7) is 0. The van der Waals surface area contributed by atoms with Crippen LogP contribution in [-0.4, -0.2) is 7.11 Å². The third-order valence-corrected chi connectivity index (χ3v) is 4.72. The molecule has 0 amide bonds. The molecule has 0 heterocycles. The van der Waals surface area contributed by atoms with Gasteiger partial charge in [-0.15, -0.1) is 0 Å². The number of nitrogens with two attached hydrogens (primary N) is 1. The van der Waals surface area contributed by atoms with Crippen LogP contribution in [0.3, 0.4) is 0 Å². The lowest BCUT2D eigenvalue weighted by atomic mass is 9.99. The largest absolute Gasteiger partial charge is 0.495 e. The van der Waals surface area contributed by atoms with Gasteiger partial charge in [-0.3, -0.25) is 0 Å². The molecule has 2 nitrogen and oxygen atoms in total. The van der Waals surface area contributed by atoms with Crippen LogP contribution in [0.5, 0.6) is 5.75 Å². The maximum absolute atomic E-state index is 6.25. The highest BCUT2D eigenvalue weighted by Gasteiger charge is 2.12. The first-order valence-corrected chi connectivity index (χ1v) is 7.40. The Morgan fingerprint density at radius 2 is 1.68 bits per heavy atom. The second-order valence-electron chi connectivity index (χ2n) is 4.05. The second-order valence-corrected chi connectivity index (χ2v) is 6.02. The predicted octanol–water partition coefficient (Wildman–Crippen LogP) is 4.65. The van der Waals surface area contributed by atoms with Crippen molar-refractivity contribution in [3.63, 3.8) is 0 Å². The topological polar surface area (TPSA) is 35.2 Å². The number of rotatable bonds is 3. The van der Waals surface area contributed by atoms with E-state index in [1.54, 1.807) is 13.2 Å². The molecule has 0 aliphatic heterocycles. The van der Waals surface area contributed by atoms with Gasteiger partial charge < -0.3 is 10.5 Å². The summed E-state index contributed by atoms with van der Waals surface area (Å²) >= 11 is 14.3. The van der Waals surface area contributed by atoms with Gasteiger partial charge >= 0.3 is 0 Å². The van der Waals surface area contributed by atoms with Crippen molar-refractivity contribution in [2.45, 2.75) is 6.04 Å². The van der Waals surface area contributed by atoms with Gasteiger partial charge in [0.1, 0.15) is 5.75 Å². The fourth-order valence-corrected chi connectivity index (χ4v) is 2.49. The summed E-state index contributed by atoms with van der Waals surface area (Å²) in [5.74, 6) is 0.617. The maximum Gasteiger partial charge on any atom is 0.137 e. The molecule has 19 heavy (non-hydrogen) atoms. The molecular formula is C14H12Cl2INO. The fourth-order valence-electron chi connectivity index (χ4n) is 1.77. The van der Waals surface area contributed by atoms with E-state index < -0.39 is 0 Å². The highest BCUT2D eigenvalue weighted by molar-refractivity contribution is 14.1. The van der Waals surface area contributed by atoms with Crippen LogP contribution >= 0.6 is 45.8 Å². The van der Waals surface area contributed by atoms with Crippen molar-refractivity contribution in [3.8, 4) is 5.75 Å². The van der Waals surface area contributed by atoms with Crippen molar-refractivity contribution >= 4 is 45.8 Å². The third kappa shape index (κ3) is 3.34. The Balaban J connectivity index is 2.37. The number of ether oxygens (including phenoxy) is 1. The average Bonchev–Trinajstić information content (AvgIpc) is 2.41. The van der Waals surface area contributed by atoms with Crippen LogP contribution in [0.2, 0.25) is 10.0 Å². The van der Waals surface area contributed by atoms with Crippen molar-refractivity contribution < 1.29 is 4.74 Å².